The molecule has 3 aromatic rings. The number of nitrogens with zero attached hydrogens (tertiary/aromatic N) is 5. The molecule has 0 radical (unpaired) electrons. The Morgan fingerprint density at radius 3 is 1.96 bits per heavy atom. The number of carbonyl (C=O) groups is 3. The molecule has 3 rings (SSSR count). The molecule has 0 bridgehead atoms. The lowest BCUT2D eigenvalue weighted by Gasteiger charge is -2.24. The first kappa shape index (κ1) is 44.8. The number of esters is 1. The van der Waals surface area contributed by atoms with E-state index < -0.39 is 23.5 Å². The summed E-state index contributed by atoms with van der Waals surface area (Å²) in [5.41, 5.74) is 18.6. The molecule has 55 heavy (non-hydrogen) atoms. The Morgan fingerprint density at radius 1 is 0.800 bits per heavy atom. The van der Waals surface area contributed by atoms with E-state index in [-0.39, 0.29) is 36.8 Å². The quantitative estimate of drug-likeness (QED) is 0.0637. The maximum absolute atomic E-state index is 13.3. The summed E-state index contributed by atoms with van der Waals surface area (Å²) >= 11 is 0. The molecule has 1 atom stereocenters. The molecule has 0 saturated heterocycles. The normalized spacial score (nSPS) is 12.1. The van der Waals surface area contributed by atoms with Crippen molar-refractivity contribution in [1.82, 2.24) is 25.3 Å². The second-order valence-electron chi connectivity index (χ2n) is 13.5. The molecule has 18 heteroatoms. The van der Waals surface area contributed by atoms with Gasteiger partial charge in [-0.3, -0.25) is 9.59 Å². The fourth-order valence-corrected chi connectivity index (χ4v) is 4.99. The van der Waals surface area contributed by atoms with Gasteiger partial charge in [0.15, 0.2) is 17.0 Å². The van der Waals surface area contributed by atoms with Gasteiger partial charge in [-0.2, -0.15) is 9.97 Å². The first-order chi connectivity index (χ1) is 26.4. The maximum Gasteiger partial charge on any atom is 0.329 e. The number of nitrogens with one attached hydrogen (secondary N) is 1. The van der Waals surface area contributed by atoms with Crippen LogP contribution in [0, 0.1) is 0 Å². The SMILES string of the molecule is CN(Cc1cnc2nc(N)nc(N)c2n1)c1ccc(C(=O)NC(CCC(=O)CCCOCCOCCOCCOCCOCCN)C(=O)OC(C)(C)C)cc1. The van der Waals surface area contributed by atoms with Gasteiger partial charge in [0, 0.05) is 44.3 Å². The number of carbonyl (C=O) groups excluding carboxylic acids is 3. The van der Waals surface area contributed by atoms with Crippen LogP contribution in [0.15, 0.2) is 30.5 Å². The highest BCUT2D eigenvalue weighted by Gasteiger charge is 2.27. The summed E-state index contributed by atoms with van der Waals surface area (Å²) in [6, 6.07) is 5.85. The van der Waals surface area contributed by atoms with E-state index in [1.165, 1.54) is 0 Å². The molecule has 0 aliphatic heterocycles. The number of ketones is 1. The van der Waals surface area contributed by atoms with Crippen LogP contribution >= 0.6 is 0 Å². The van der Waals surface area contributed by atoms with Crippen LogP contribution in [0.5, 0.6) is 0 Å². The van der Waals surface area contributed by atoms with Crippen LogP contribution in [-0.2, 0) is 44.6 Å². The molecule has 1 amide bonds. The van der Waals surface area contributed by atoms with Crippen LogP contribution in [0.4, 0.5) is 17.5 Å². The number of fused-ring (bicyclic) bond motifs is 1. The Labute approximate surface area is 322 Å². The highest BCUT2D eigenvalue weighted by atomic mass is 16.6. The predicted octanol–water partition coefficient (Wildman–Crippen LogP) is 1.83. The van der Waals surface area contributed by atoms with Gasteiger partial charge in [0.2, 0.25) is 5.95 Å². The number of rotatable bonds is 27. The van der Waals surface area contributed by atoms with Gasteiger partial charge in [-0.25, -0.2) is 14.8 Å². The summed E-state index contributed by atoms with van der Waals surface area (Å²) in [6.45, 7) is 10.7. The Morgan fingerprint density at radius 2 is 1.38 bits per heavy atom. The van der Waals surface area contributed by atoms with Crippen molar-refractivity contribution in [2.45, 2.75) is 64.6 Å². The van der Waals surface area contributed by atoms with Crippen molar-refractivity contribution in [3.63, 3.8) is 0 Å². The topological polar surface area (TPSA) is 251 Å². The molecule has 0 spiro atoms. The third-order valence-electron chi connectivity index (χ3n) is 7.67. The van der Waals surface area contributed by atoms with E-state index in [1.807, 2.05) is 11.9 Å². The predicted molar refractivity (Wildman–Crippen MR) is 206 cm³/mol. The highest BCUT2D eigenvalue weighted by Crippen LogP contribution is 2.19. The van der Waals surface area contributed by atoms with E-state index in [0.717, 1.165) is 5.69 Å². The molecule has 0 aliphatic carbocycles. The summed E-state index contributed by atoms with van der Waals surface area (Å²) in [4.78, 5) is 57.7. The lowest BCUT2D eigenvalue weighted by atomic mass is 10.0. The average molecular weight is 772 g/mol. The van der Waals surface area contributed by atoms with Crippen molar-refractivity contribution in [3.05, 3.63) is 41.7 Å². The van der Waals surface area contributed by atoms with E-state index in [0.29, 0.717) is 108 Å². The number of ether oxygens (including phenoxy) is 6. The fraction of sp³-hybridized carbons (Fsp3) is 0.595. The van der Waals surface area contributed by atoms with Gasteiger partial charge >= 0.3 is 5.97 Å². The Bertz CT molecular complexity index is 1620. The van der Waals surface area contributed by atoms with E-state index in [2.05, 4.69) is 25.3 Å². The van der Waals surface area contributed by atoms with Crippen molar-refractivity contribution in [3.8, 4) is 0 Å². The first-order valence-corrected chi connectivity index (χ1v) is 18.4. The molecule has 0 aliphatic rings. The van der Waals surface area contributed by atoms with Gasteiger partial charge in [0.1, 0.15) is 17.4 Å². The number of nitrogen functional groups attached to an aromatic ring is 2. The molecule has 0 saturated carbocycles. The number of amides is 1. The molecule has 2 aromatic heterocycles. The molecule has 304 valence electrons. The zero-order valence-corrected chi connectivity index (χ0v) is 32.4. The maximum atomic E-state index is 13.3. The number of Topliss-reactive ketones (excluding diaryl/α,β-unsaturated/α-hetero) is 1. The van der Waals surface area contributed by atoms with E-state index in [1.54, 1.807) is 51.2 Å². The minimum Gasteiger partial charge on any atom is -0.458 e. The van der Waals surface area contributed by atoms with E-state index in [9.17, 15) is 14.4 Å². The second-order valence-corrected chi connectivity index (χ2v) is 13.5. The van der Waals surface area contributed by atoms with Crippen LogP contribution in [0.2, 0.25) is 0 Å². The van der Waals surface area contributed by atoms with Gasteiger partial charge < -0.3 is 55.8 Å². The number of aromatic nitrogens is 4. The number of hydrogen-bond donors (Lipinski definition) is 4. The molecule has 1 unspecified atom stereocenters. The summed E-state index contributed by atoms with van der Waals surface area (Å²) in [5.74, 6) is -0.959. The molecule has 7 N–H and O–H groups in total. The zero-order chi connectivity index (χ0) is 40.1. The van der Waals surface area contributed by atoms with Crippen LogP contribution in [0.1, 0.15) is 62.5 Å². The van der Waals surface area contributed by atoms with Gasteiger partial charge in [0.25, 0.3) is 5.91 Å². The number of anilines is 3. The van der Waals surface area contributed by atoms with E-state index >= 15 is 0 Å². The molecular weight excluding hydrogens is 714 g/mol. The Hall–Kier alpha value is -4.59. The van der Waals surface area contributed by atoms with Gasteiger partial charge in [-0.1, -0.05) is 0 Å². The van der Waals surface area contributed by atoms with Gasteiger partial charge in [-0.05, 0) is 57.9 Å². The van der Waals surface area contributed by atoms with Crippen molar-refractivity contribution in [2.75, 3.05) is 96.0 Å². The van der Waals surface area contributed by atoms with Crippen molar-refractivity contribution in [2.24, 2.45) is 5.73 Å². The smallest absolute Gasteiger partial charge is 0.329 e. The molecule has 1 aromatic carbocycles. The van der Waals surface area contributed by atoms with Crippen molar-refractivity contribution >= 4 is 46.3 Å². The molecule has 2 heterocycles. The average Bonchev–Trinajstić information content (AvgIpc) is 3.14. The largest absolute Gasteiger partial charge is 0.458 e. The highest BCUT2D eigenvalue weighted by molar-refractivity contribution is 5.97. The lowest BCUT2D eigenvalue weighted by Crippen LogP contribution is -2.44. The first-order valence-electron chi connectivity index (χ1n) is 18.4. The van der Waals surface area contributed by atoms with Crippen LogP contribution in [-0.4, -0.2) is 129 Å². The standard InChI is InChI=1S/C37H57N9O9/c1-37(2,3)55-35(49)30(12-11-29(47)6-5-14-50-16-18-52-20-22-54-23-21-53-19-17-51-15-13-38)43-34(48)26-7-9-28(10-8-26)46(4)25-27-24-41-33-31(42-27)32(39)44-36(40)45-33/h7-10,24,30H,5-6,11-23,25,38H2,1-4H3,(H,43,48)(H4,39,40,41,44,45). The number of hydrogen-bond acceptors (Lipinski definition) is 17. The molecule has 0 fully saturated rings. The van der Waals surface area contributed by atoms with Crippen molar-refractivity contribution in [1.29, 1.82) is 0 Å². The van der Waals surface area contributed by atoms with E-state index in [4.69, 9.17) is 45.6 Å². The Balaban J connectivity index is 1.37. The summed E-state index contributed by atoms with van der Waals surface area (Å²) < 4.78 is 32.7. The van der Waals surface area contributed by atoms with Crippen LogP contribution < -0.4 is 27.4 Å². The summed E-state index contributed by atoms with van der Waals surface area (Å²) in [7, 11) is 1.86. The molecular formula is C37H57N9O9. The zero-order valence-electron chi connectivity index (χ0n) is 32.4. The second kappa shape index (κ2) is 24.0. The minimum atomic E-state index is -1.01. The van der Waals surface area contributed by atoms with Crippen molar-refractivity contribution < 1.29 is 42.8 Å². The van der Waals surface area contributed by atoms with Crippen LogP contribution in [0.3, 0.4) is 0 Å². The summed E-state index contributed by atoms with van der Waals surface area (Å²) in [6.07, 6.45) is 2.58. The number of benzene rings is 1. The Kier molecular flexibility index (Phi) is 19.6. The summed E-state index contributed by atoms with van der Waals surface area (Å²) in [5, 5.41) is 2.76. The fourth-order valence-electron chi connectivity index (χ4n) is 4.99. The third-order valence-corrected chi connectivity index (χ3v) is 7.67. The van der Waals surface area contributed by atoms with Gasteiger partial charge in [0.05, 0.1) is 77.9 Å². The van der Waals surface area contributed by atoms with Crippen LogP contribution in [0.25, 0.3) is 11.2 Å². The third kappa shape index (κ3) is 17.6. The minimum absolute atomic E-state index is 0.0220. The lowest BCUT2D eigenvalue weighted by molar-refractivity contribution is -0.157. The monoisotopic (exact) mass is 771 g/mol. The molecule has 18 nitrogen and oxygen atoms in total. The van der Waals surface area contributed by atoms with Gasteiger partial charge in [-0.15, -0.1) is 0 Å². The number of nitrogens with two attached hydrogens (primary N) is 3.